The molecule has 1 aliphatic rings. The highest BCUT2D eigenvalue weighted by Crippen LogP contribution is 2.18. The lowest BCUT2D eigenvalue weighted by Gasteiger charge is -2.20. The second-order valence-corrected chi connectivity index (χ2v) is 7.65. The van der Waals surface area contributed by atoms with Crippen LogP contribution >= 0.6 is 0 Å². The maximum absolute atomic E-state index is 12.4. The van der Waals surface area contributed by atoms with Gasteiger partial charge in [-0.15, -0.1) is 0 Å². The number of anilines is 2. The van der Waals surface area contributed by atoms with Gasteiger partial charge in [-0.3, -0.25) is 9.78 Å². The Morgan fingerprint density at radius 1 is 0.839 bits per heavy atom. The minimum absolute atomic E-state index is 0.0645. The summed E-state index contributed by atoms with van der Waals surface area (Å²) < 4.78 is 0. The van der Waals surface area contributed by atoms with Crippen molar-refractivity contribution in [1.29, 1.82) is 0 Å². The molecule has 0 spiro atoms. The fourth-order valence-electron chi connectivity index (χ4n) is 3.72. The molecule has 1 fully saturated rings. The van der Waals surface area contributed by atoms with E-state index in [1.165, 1.54) is 18.9 Å². The van der Waals surface area contributed by atoms with Gasteiger partial charge in [-0.05, 0) is 49.2 Å². The summed E-state index contributed by atoms with van der Waals surface area (Å²) in [5, 5.41) is 6.81. The monoisotopic (exact) mass is 414 g/mol. The van der Waals surface area contributed by atoms with Crippen molar-refractivity contribution < 1.29 is 9.59 Å². The summed E-state index contributed by atoms with van der Waals surface area (Å²) >= 11 is 0. The summed E-state index contributed by atoms with van der Waals surface area (Å²) in [6, 6.07) is 16.8. The van der Waals surface area contributed by atoms with Gasteiger partial charge in [0.1, 0.15) is 0 Å². The SMILES string of the molecule is O=C(/C=C/c1cccc2cccnc12)Nc1ccc(NC(=O)N2CCCCCC2)cc1. The van der Waals surface area contributed by atoms with Gasteiger partial charge in [0.2, 0.25) is 5.91 Å². The van der Waals surface area contributed by atoms with Crippen molar-refractivity contribution in [2.75, 3.05) is 23.7 Å². The zero-order chi connectivity index (χ0) is 21.5. The minimum Gasteiger partial charge on any atom is -0.325 e. The number of rotatable bonds is 4. The lowest BCUT2D eigenvalue weighted by Crippen LogP contribution is -2.35. The molecule has 2 heterocycles. The van der Waals surface area contributed by atoms with E-state index in [4.69, 9.17) is 0 Å². The highest BCUT2D eigenvalue weighted by atomic mass is 16.2. The Morgan fingerprint density at radius 2 is 1.52 bits per heavy atom. The second kappa shape index (κ2) is 9.89. The van der Waals surface area contributed by atoms with Gasteiger partial charge < -0.3 is 15.5 Å². The zero-order valence-electron chi connectivity index (χ0n) is 17.4. The summed E-state index contributed by atoms with van der Waals surface area (Å²) in [5.74, 6) is -0.228. The van der Waals surface area contributed by atoms with Crippen LogP contribution in [0.5, 0.6) is 0 Å². The van der Waals surface area contributed by atoms with E-state index in [2.05, 4.69) is 15.6 Å². The van der Waals surface area contributed by atoms with Crippen molar-refractivity contribution in [2.24, 2.45) is 0 Å². The number of fused-ring (bicyclic) bond motifs is 1. The van der Waals surface area contributed by atoms with Crippen LogP contribution in [0.3, 0.4) is 0 Å². The van der Waals surface area contributed by atoms with Crippen molar-refractivity contribution in [3.8, 4) is 0 Å². The third-order valence-corrected chi connectivity index (χ3v) is 5.38. The maximum atomic E-state index is 12.4. The van der Waals surface area contributed by atoms with Crippen LogP contribution in [-0.4, -0.2) is 34.9 Å². The topological polar surface area (TPSA) is 74.3 Å². The summed E-state index contributed by atoms with van der Waals surface area (Å²) in [5.41, 5.74) is 3.13. The summed E-state index contributed by atoms with van der Waals surface area (Å²) in [6.45, 7) is 1.61. The number of para-hydroxylation sites is 1. The predicted octanol–water partition coefficient (Wildman–Crippen LogP) is 5.29. The largest absolute Gasteiger partial charge is 0.325 e. The highest BCUT2D eigenvalue weighted by Gasteiger charge is 2.15. The number of amides is 3. The first-order valence-corrected chi connectivity index (χ1v) is 10.7. The Labute approximate surface area is 182 Å². The molecular formula is C25H26N4O2. The lowest BCUT2D eigenvalue weighted by atomic mass is 10.1. The molecule has 0 atom stereocenters. The second-order valence-electron chi connectivity index (χ2n) is 7.65. The number of carbonyl (C=O) groups is 2. The molecule has 6 nitrogen and oxygen atoms in total. The van der Waals surface area contributed by atoms with E-state index in [9.17, 15) is 9.59 Å². The van der Waals surface area contributed by atoms with Gasteiger partial charge in [0.05, 0.1) is 5.52 Å². The Bertz CT molecular complexity index is 1080. The molecule has 6 heteroatoms. The molecule has 2 N–H and O–H groups in total. The van der Waals surface area contributed by atoms with E-state index >= 15 is 0 Å². The molecule has 3 amide bonds. The number of aromatic nitrogens is 1. The molecule has 3 aromatic rings. The van der Waals surface area contributed by atoms with Crippen molar-refractivity contribution in [3.63, 3.8) is 0 Å². The Balaban J connectivity index is 1.34. The van der Waals surface area contributed by atoms with Crippen LogP contribution in [-0.2, 0) is 4.79 Å². The first-order valence-electron chi connectivity index (χ1n) is 10.7. The Morgan fingerprint density at radius 3 is 2.26 bits per heavy atom. The number of urea groups is 1. The average Bonchev–Trinajstić information content (AvgIpc) is 3.09. The van der Waals surface area contributed by atoms with E-state index in [0.29, 0.717) is 11.4 Å². The van der Waals surface area contributed by atoms with Crippen LogP contribution in [0.25, 0.3) is 17.0 Å². The highest BCUT2D eigenvalue weighted by molar-refractivity contribution is 6.03. The van der Waals surface area contributed by atoms with Crippen LogP contribution in [0.4, 0.5) is 16.2 Å². The average molecular weight is 415 g/mol. The van der Waals surface area contributed by atoms with E-state index in [0.717, 1.165) is 42.4 Å². The minimum atomic E-state index is -0.228. The summed E-state index contributed by atoms with van der Waals surface area (Å²) in [4.78, 5) is 31.0. The molecule has 4 rings (SSSR count). The van der Waals surface area contributed by atoms with Gasteiger partial charge in [-0.2, -0.15) is 0 Å². The third kappa shape index (κ3) is 5.48. The van der Waals surface area contributed by atoms with Crippen LogP contribution in [0.15, 0.2) is 66.9 Å². The van der Waals surface area contributed by atoms with Gasteiger partial charge >= 0.3 is 6.03 Å². The van der Waals surface area contributed by atoms with Crippen LogP contribution in [0, 0.1) is 0 Å². The van der Waals surface area contributed by atoms with E-state index < -0.39 is 0 Å². The van der Waals surface area contributed by atoms with Crippen molar-refractivity contribution in [2.45, 2.75) is 25.7 Å². The molecule has 0 radical (unpaired) electrons. The molecule has 1 aromatic heterocycles. The quantitative estimate of drug-likeness (QED) is 0.569. The molecule has 0 saturated carbocycles. The van der Waals surface area contributed by atoms with Gasteiger partial charge in [0.25, 0.3) is 0 Å². The number of hydrogen-bond acceptors (Lipinski definition) is 3. The van der Waals surface area contributed by atoms with Crippen LogP contribution < -0.4 is 10.6 Å². The first-order chi connectivity index (χ1) is 15.2. The number of carbonyl (C=O) groups excluding carboxylic acids is 2. The molecule has 2 aromatic carbocycles. The fraction of sp³-hybridized carbons (Fsp3) is 0.240. The Hall–Kier alpha value is -3.67. The van der Waals surface area contributed by atoms with Crippen LogP contribution in [0.2, 0.25) is 0 Å². The number of nitrogens with one attached hydrogen (secondary N) is 2. The fourth-order valence-corrected chi connectivity index (χ4v) is 3.72. The van der Waals surface area contributed by atoms with Crippen LogP contribution in [0.1, 0.15) is 31.2 Å². The first kappa shape index (κ1) is 20.6. The molecule has 1 aliphatic heterocycles. The molecule has 1 saturated heterocycles. The summed E-state index contributed by atoms with van der Waals surface area (Å²) in [7, 11) is 0. The number of benzene rings is 2. The smallest absolute Gasteiger partial charge is 0.321 e. The zero-order valence-corrected chi connectivity index (χ0v) is 17.4. The normalized spacial score (nSPS) is 14.4. The molecule has 31 heavy (non-hydrogen) atoms. The standard InChI is InChI=1S/C25H26N4O2/c30-23(15-10-20-8-5-7-19-9-6-16-26-24(19)20)27-21-11-13-22(14-12-21)28-25(31)29-17-3-1-2-4-18-29/h5-16H,1-4,17-18H2,(H,27,30)(H,28,31)/b15-10+. The van der Waals surface area contributed by atoms with Gasteiger partial charge in [-0.25, -0.2) is 4.79 Å². The lowest BCUT2D eigenvalue weighted by molar-refractivity contribution is -0.111. The third-order valence-electron chi connectivity index (χ3n) is 5.38. The molecule has 158 valence electrons. The van der Waals surface area contributed by atoms with Crippen molar-refractivity contribution in [1.82, 2.24) is 9.88 Å². The molecule has 0 unspecified atom stereocenters. The maximum Gasteiger partial charge on any atom is 0.321 e. The molecule has 0 bridgehead atoms. The van der Waals surface area contributed by atoms with Gasteiger partial charge in [0.15, 0.2) is 0 Å². The van der Waals surface area contributed by atoms with E-state index in [1.807, 2.05) is 35.2 Å². The number of likely N-dealkylation sites (tertiary alicyclic amines) is 1. The summed E-state index contributed by atoms with van der Waals surface area (Å²) in [6.07, 6.45) is 9.49. The predicted molar refractivity (Wildman–Crippen MR) is 125 cm³/mol. The van der Waals surface area contributed by atoms with Crippen molar-refractivity contribution >= 4 is 40.3 Å². The van der Waals surface area contributed by atoms with Gasteiger partial charge in [-0.1, -0.05) is 37.1 Å². The number of hydrogen-bond donors (Lipinski definition) is 2. The van der Waals surface area contributed by atoms with Crippen molar-refractivity contribution in [3.05, 3.63) is 72.4 Å². The molecule has 0 aliphatic carbocycles. The van der Waals surface area contributed by atoms with E-state index in [1.54, 1.807) is 36.5 Å². The number of nitrogens with zero attached hydrogens (tertiary/aromatic N) is 2. The van der Waals surface area contributed by atoms with E-state index in [-0.39, 0.29) is 11.9 Å². The molecular weight excluding hydrogens is 388 g/mol. The number of pyridine rings is 1. The Kier molecular flexibility index (Phi) is 6.57. The van der Waals surface area contributed by atoms with Gasteiger partial charge in [0, 0.05) is 47.7 Å².